The number of benzene rings is 1. The molecule has 1 atom stereocenters. The SMILES string of the molecule is COC(=O)C(O)c1cc(Br)c(OC2CC2)c(OC)c1. The first-order chi connectivity index (χ1) is 9.06. The van der Waals surface area contributed by atoms with Crippen molar-refractivity contribution in [2.24, 2.45) is 0 Å². The van der Waals surface area contributed by atoms with Crippen LogP contribution in [0.5, 0.6) is 11.5 Å². The minimum Gasteiger partial charge on any atom is -0.493 e. The maximum Gasteiger partial charge on any atom is 0.339 e. The van der Waals surface area contributed by atoms with Crippen LogP contribution < -0.4 is 9.47 Å². The molecule has 0 heterocycles. The predicted octanol–water partition coefficient (Wildman–Crippen LogP) is 2.21. The van der Waals surface area contributed by atoms with Crippen molar-refractivity contribution in [1.82, 2.24) is 0 Å². The molecule has 1 fully saturated rings. The Morgan fingerprint density at radius 3 is 2.63 bits per heavy atom. The number of methoxy groups -OCH3 is 2. The molecule has 0 amide bonds. The molecular weight excluding hydrogens is 316 g/mol. The van der Waals surface area contributed by atoms with Gasteiger partial charge in [0.05, 0.1) is 24.8 Å². The van der Waals surface area contributed by atoms with Crippen molar-refractivity contribution in [1.29, 1.82) is 0 Å². The van der Waals surface area contributed by atoms with Crippen LogP contribution in [0, 0.1) is 0 Å². The van der Waals surface area contributed by atoms with Crippen LogP contribution in [-0.2, 0) is 9.53 Å². The number of carbonyl (C=O) groups excluding carboxylic acids is 1. The number of aliphatic hydroxyl groups excluding tert-OH is 1. The van der Waals surface area contributed by atoms with E-state index >= 15 is 0 Å². The van der Waals surface area contributed by atoms with E-state index in [9.17, 15) is 9.90 Å². The van der Waals surface area contributed by atoms with Gasteiger partial charge in [0.2, 0.25) is 0 Å². The molecule has 0 spiro atoms. The highest BCUT2D eigenvalue weighted by molar-refractivity contribution is 9.10. The Bertz CT molecular complexity index is 484. The zero-order chi connectivity index (χ0) is 14.0. The highest BCUT2D eigenvalue weighted by Gasteiger charge is 2.27. The first-order valence-electron chi connectivity index (χ1n) is 5.86. The molecule has 19 heavy (non-hydrogen) atoms. The summed E-state index contributed by atoms with van der Waals surface area (Å²) in [7, 11) is 2.73. The molecule has 1 aliphatic carbocycles. The van der Waals surface area contributed by atoms with Crippen molar-refractivity contribution in [3.05, 3.63) is 22.2 Å². The molecule has 0 aliphatic heterocycles. The van der Waals surface area contributed by atoms with Crippen molar-refractivity contribution in [3.63, 3.8) is 0 Å². The Kier molecular flexibility index (Phi) is 4.31. The second-order valence-corrected chi connectivity index (χ2v) is 5.13. The molecule has 6 heteroatoms. The molecule has 1 aliphatic rings. The van der Waals surface area contributed by atoms with E-state index in [2.05, 4.69) is 20.7 Å². The monoisotopic (exact) mass is 330 g/mol. The van der Waals surface area contributed by atoms with Gasteiger partial charge in [0.25, 0.3) is 0 Å². The van der Waals surface area contributed by atoms with Gasteiger partial charge < -0.3 is 19.3 Å². The van der Waals surface area contributed by atoms with Crippen LogP contribution in [-0.4, -0.2) is 31.4 Å². The summed E-state index contributed by atoms with van der Waals surface area (Å²) in [6, 6.07) is 3.20. The fraction of sp³-hybridized carbons (Fsp3) is 0.462. The first kappa shape index (κ1) is 14.1. The lowest BCUT2D eigenvalue weighted by Crippen LogP contribution is -2.14. The van der Waals surface area contributed by atoms with E-state index in [1.165, 1.54) is 14.2 Å². The lowest BCUT2D eigenvalue weighted by Gasteiger charge is -2.15. The van der Waals surface area contributed by atoms with Crippen molar-refractivity contribution in [3.8, 4) is 11.5 Å². The normalized spacial score (nSPS) is 15.8. The zero-order valence-corrected chi connectivity index (χ0v) is 12.3. The van der Waals surface area contributed by atoms with Gasteiger partial charge in [-0.1, -0.05) is 0 Å². The molecule has 0 saturated heterocycles. The molecule has 0 radical (unpaired) electrons. The van der Waals surface area contributed by atoms with Crippen molar-refractivity contribution < 1.29 is 24.1 Å². The summed E-state index contributed by atoms with van der Waals surface area (Å²) in [6.07, 6.45) is 0.941. The summed E-state index contributed by atoms with van der Waals surface area (Å²) in [6.45, 7) is 0. The molecule has 1 N–H and O–H groups in total. The minimum atomic E-state index is -1.34. The van der Waals surface area contributed by atoms with E-state index in [1.54, 1.807) is 12.1 Å². The second-order valence-electron chi connectivity index (χ2n) is 4.28. The molecular formula is C13H15BrO5. The number of hydrogen-bond acceptors (Lipinski definition) is 5. The molecule has 2 rings (SSSR count). The van der Waals surface area contributed by atoms with Crippen LogP contribution in [0.3, 0.4) is 0 Å². The molecule has 1 unspecified atom stereocenters. The molecule has 5 nitrogen and oxygen atoms in total. The fourth-order valence-corrected chi connectivity index (χ4v) is 2.17. The Labute approximate surface area is 119 Å². The molecule has 1 saturated carbocycles. The van der Waals surface area contributed by atoms with Gasteiger partial charge in [-0.25, -0.2) is 4.79 Å². The van der Waals surface area contributed by atoms with Crippen LogP contribution in [0.25, 0.3) is 0 Å². The van der Waals surface area contributed by atoms with E-state index in [0.29, 0.717) is 21.5 Å². The smallest absolute Gasteiger partial charge is 0.339 e. The van der Waals surface area contributed by atoms with Gasteiger partial charge >= 0.3 is 5.97 Å². The molecule has 104 valence electrons. The molecule has 1 aromatic rings. The van der Waals surface area contributed by atoms with Crippen LogP contribution in [0.4, 0.5) is 0 Å². The number of ether oxygens (including phenoxy) is 3. The van der Waals surface area contributed by atoms with E-state index < -0.39 is 12.1 Å². The highest BCUT2D eigenvalue weighted by atomic mass is 79.9. The van der Waals surface area contributed by atoms with E-state index in [0.717, 1.165) is 12.8 Å². The predicted molar refractivity (Wildman–Crippen MR) is 71.3 cm³/mol. The van der Waals surface area contributed by atoms with E-state index in [-0.39, 0.29) is 6.10 Å². The van der Waals surface area contributed by atoms with Crippen molar-refractivity contribution in [2.45, 2.75) is 25.0 Å². The van der Waals surface area contributed by atoms with E-state index in [1.807, 2.05) is 0 Å². The average molecular weight is 331 g/mol. The van der Waals surface area contributed by atoms with Gasteiger partial charge in [0, 0.05) is 0 Å². The summed E-state index contributed by atoms with van der Waals surface area (Å²) < 4.78 is 16.1. The Morgan fingerprint density at radius 1 is 1.42 bits per heavy atom. The van der Waals surface area contributed by atoms with Crippen molar-refractivity contribution in [2.75, 3.05) is 14.2 Å². The Hall–Kier alpha value is -1.27. The average Bonchev–Trinajstić information content (AvgIpc) is 3.22. The largest absolute Gasteiger partial charge is 0.493 e. The zero-order valence-electron chi connectivity index (χ0n) is 10.7. The minimum absolute atomic E-state index is 0.224. The first-order valence-corrected chi connectivity index (χ1v) is 6.66. The third-order valence-corrected chi connectivity index (χ3v) is 3.39. The quantitative estimate of drug-likeness (QED) is 0.838. The molecule has 0 bridgehead atoms. The number of carbonyl (C=O) groups is 1. The number of esters is 1. The lowest BCUT2D eigenvalue weighted by molar-refractivity contribution is -0.150. The van der Waals surface area contributed by atoms with Gasteiger partial charge in [0.1, 0.15) is 0 Å². The molecule has 0 aromatic heterocycles. The Morgan fingerprint density at radius 2 is 2.11 bits per heavy atom. The summed E-state index contributed by atoms with van der Waals surface area (Å²) in [4.78, 5) is 11.3. The summed E-state index contributed by atoms with van der Waals surface area (Å²) >= 11 is 3.37. The lowest BCUT2D eigenvalue weighted by atomic mass is 10.1. The maximum atomic E-state index is 11.3. The summed E-state index contributed by atoms with van der Waals surface area (Å²) in [5.74, 6) is 0.342. The second kappa shape index (κ2) is 5.79. The number of aliphatic hydroxyl groups is 1. The standard InChI is InChI=1S/C13H15BrO5/c1-17-10-6-7(11(15)13(16)18-2)5-9(14)12(10)19-8-3-4-8/h5-6,8,11,15H,3-4H2,1-2H3. The maximum absolute atomic E-state index is 11.3. The number of rotatable bonds is 5. The van der Waals surface area contributed by atoms with Crippen LogP contribution in [0.1, 0.15) is 24.5 Å². The van der Waals surface area contributed by atoms with Gasteiger partial charge in [0.15, 0.2) is 17.6 Å². The van der Waals surface area contributed by atoms with Gasteiger partial charge in [-0.2, -0.15) is 0 Å². The molecule has 1 aromatic carbocycles. The number of halogens is 1. The Balaban J connectivity index is 2.31. The topological polar surface area (TPSA) is 65.0 Å². The highest BCUT2D eigenvalue weighted by Crippen LogP contribution is 2.41. The fourth-order valence-electron chi connectivity index (χ4n) is 1.61. The third-order valence-electron chi connectivity index (χ3n) is 2.80. The van der Waals surface area contributed by atoms with Crippen molar-refractivity contribution >= 4 is 21.9 Å². The summed E-state index contributed by atoms with van der Waals surface area (Å²) in [5, 5.41) is 9.83. The van der Waals surface area contributed by atoms with Gasteiger partial charge in [-0.05, 0) is 46.5 Å². The summed E-state index contributed by atoms with van der Waals surface area (Å²) in [5.41, 5.74) is 0.388. The van der Waals surface area contributed by atoms with Gasteiger partial charge in [-0.15, -0.1) is 0 Å². The van der Waals surface area contributed by atoms with Crippen LogP contribution >= 0.6 is 15.9 Å². The van der Waals surface area contributed by atoms with Crippen LogP contribution in [0.15, 0.2) is 16.6 Å². The van der Waals surface area contributed by atoms with Gasteiger partial charge in [-0.3, -0.25) is 0 Å². The third kappa shape index (κ3) is 3.19. The van der Waals surface area contributed by atoms with E-state index in [4.69, 9.17) is 9.47 Å². The van der Waals surface area contributed by atoms with Crippen LogP contribution in [0.2, 0.25) is 0 Å². The number of hydrogen-bond donors (Lipinski definition) is 1.